The van der Waals surface area contributed by atoms with Gasteiger partial charge in [0.2, 0.25) is 0 Å². The van der Waals surface area contributed by atoms with Crippen molar-refractivity contribution in [1.82, 2.24) is 24.9 Å². The molecule has 4 aromatic rings. The van der Waals surface area contributed by atoms with Crippen LogP contribution in [-0.2, 0) is 11.0 Å². The smallest absolute Gasteiger partial charge is 0.416 e. The topological polar surface area (TPSA) is 114 Å². The van der Waals surface area contributed by atoms with Gasteiger partial charge in [-0.15, -0.1) is 0 Å². The molecule has 180 valence electrons. The van der Waals surface area contributed by atoms with Crippen molar-refractivity contribution < 1.29 is 27.8 Å². The van der Waals surface area contributed by atoms with E-state index in [1.54, 1.807) is 30.7 Å². The van der Waals surface area contributed by atoms with E-state index in [0.717, 1.165) is 12.1 Å². The van der Waals surface area contributed by atoms with Gasteiger partial charge < -0.3 is 14.8 Å². The van der Waals surface area contributed by atoms with Crippen LogP contribution in [-0.4, -0.2) is 42.1 Å². The van der Waals surface area contributed by atoms with E-state index in [-0.39, 0.29) is 23.5 Å². The van der Waals surface area contributed by atoms with Crippen molar-refractivity contribution in [3.8, 4) is 28.7 Å². The first-order valence-corrected chi connectivity index (χ1v) is 11.0. The molecular formula is C24H20F3N5O3. The minimum Gasteiger partial charge on any atom is -0.481 e. The Hall–Kier alpha value is -4.02. The standard InChI is InChI=1S/C24H20F3N5O3/c25-24(26,27)16-4-8-19-20(9-16)32-21(31-19)14-3-7-18(28-10-14)15-11-29-23(30-12-15)35-17-5-1-13(2-6-17)22(33)34/h3-4,7-13,17H,1-2,5-6H2,(H,31,32)(H,33,34)/t13-,17+. The van der Waals surface area contributed by atoms with Crippen molar-refractivity contribution in [3.05, 3.63) is 54.5 Å². The summed E-state index contributed by atoms with van der Waals surface area (Å²) in [6.45, 7) is 0. The van der Waals surface area contributed by atoms with E-state index < -0.39 is 17.7 Å². The molecule has 0 spiro atoms. The average molecular weight is 483 g/mol. The molecule has 1 saturated carbocycles. The van der Waals surface area contributed by atoms with Gasteiger partial charge >= 0.3 is 18.2 Å². The summed E-state index contributed by atoms with van der Waals surface area (Å²) < 4.78 is 44.6. The number of H-pyrrole nitrogens is 1. The number of carboxylic acid groups (broad SMARTS) is 1. The largest absolute Gasteiger partial charge is 0.481 e. The molecule has 3 aromatic heterocycles. The van der Waals surface area contributed by atoms with E-state index in [0.29, 0.717) is 53.8 Å². The van der Waals surface area contributed by atoms with Gasteiger partial charge in [0, 0.05) is 29.7 Å². The van der Waals surface area contributed by atoms with Gasteiger partial charge in [-0.1, -0.05) is 0 Å². The number of nitrogens with one attached hydrogen (secondary N) is 1. The van der Waals surface area contributed by atoms with Crippen molar-refractivity contribution in [1.29, 1.82) is 0 Å². The van der Waals surface area contributed by atoms with Crippen molar-refractivity contribution >= 4 is 17.0 Å². The summed E-state index contributed by atoms with van der Waals surface area (Å²) in [4.78, 5) is 31.2. The number of ether oxygens (including phenoxy) is 1. The van der Waals surface area contributed by atoms with Crippen LogP contribution in [0.5, 0.6) is 6.01 Å². The predicted octanol–water partition coefficient (Wildman–Crippen LogP) is 5.12. The molecule has 2 N–H and O–H groups in total. The zero-order valence-electron chi connectivity index (χ0n) is 18.3. The second-order valence-electron chi connectivity index (χ2n) is 8.43. The van der Waals surface area contributed by atoms with E-state index in [1.165, 1.54) is 6.07 Å². The number of aromatic amines is 1. The van der Waals surface area contributed by atoms with Gasteiger partial charge in [-0.2, -0.15) is 13.2 Å². The number of hydrogen-bond acceptors (Lipinski definition) is 6. The van der Waals surface area contributed by atoms with Crippen molar-refractivity contribution in [2.75, 3.05) is 0 Å². The highest BCUT2D eigenvalue weighted by Crippen LogP contribution is 2.32. The molecule has 0 atom stereocenters. The number of aliphatic carboxylic acids is 1. The lowest BCUT2D eigenvalue weighted by atomic mass is 9.87. The lowest BCUT2D eigenvalue weighted by molar-refractivity contribution is -0.143. The first-order chi connectivity index (χ1) is 16.8. The molecule has 8 nitrogen and oxygen atoms in total. The number of rotatable bonds is 5. The van der Waals surface area contributed by atoms with Crippen LogP contribution in [0.15, 0.2) is 48.9 Å². The highest BCUT2D eigenvalue weighted by atomic mass is 19.4. The second kappa shape index (κ2) is 8.97. The summed E-state index contributed by atoms with van der Waals surface area (Å²) in [6.07, 6.45) is 2.65. The summed E-state index contributed by atoms with van der Waals surface area (Å²) in [7, 11) is 0. The summed E-state index contributed by atoms with van der Waals surface area (Å²) in [5.74, 6) is -0.668. The average Bonchev–Trinajstić information content (AvgIpc) is 3.28. The maximum atomic E-state index is 12.9. The van der Waals surface area contributed by atoms with Crippen LogP contribution < -0.4 is 4.74 Å². The molecule has 0 bridgehead atoms. The molecule has 0 amide bonds. The quantitative estimate of drug-likeness (QED) is 0.405. The molecule has 0 aliphatic heterocycles. The molecular weight excluding hydrogens is 463 g/mol. The normalized spacial score (nSPS) is 18.5. The number of fused-ring (bicyclic) bond motifs is 1. The number of nitrogens with zero attached hydrogens (tertiary/aromatic N) is 4. The minimum atomic E-state index is -4.43. The van der Waals surface area contributed by atoms with Gasteiger partial charge in [-0.3, -0.25) is 9.78 Å². The number of imidazole rings is 1. The zero-order chi connectivity index (χ0) is 24.6. The number of hydrogen-bond donors (Lipinski definition) is 2. The molecule has 11 heteroatoms. The van der Waals surface area contributed by atoms with Crippen LogP contribution in [0.3, 0.4) is 0 Å². The maximum absolute atomic E-state index is 12.9. The number of carboxylic acids is 1. The Morgan fingerprint density at radius 2 is 1.69 bits per heavy atom. The van der Waals surface area contributed by atoms with Gasteiger partial charge in [0.15, 0.2) is 0 Å². The summed E-state index contributed by atoms with van der Waals surface area (Å²) in [5.41, 5.74) is 1.86. The Morgan fingerprint density at radius 1 is 0.971 bits per heavy atom. The number of carbonyl (C=O) groups is 1. The Kier molecular flexibility index (Phi) is 5.83. The maximum Gasteiger partial charge on any atom is 0.416 e. The molecule has 1 aromatic carbocycles. The van der Waals surface area contributed by atoms with Crippen LogP contribution in [0.2, 0.25) is 0 Å². The first-order valence-electron chi connectivity index (χ1n) is 11.0. The van der Waals surface area contributed by atoms with E-state index in [4.69, 9.17) is 9.84 Å². The van der Waals surface area contributed by atoms with Gasteiger partial charge in [0.05, 0.1) is 28.2 Å². The Labute approximate surface area is 197 Å². The van der Waals surface area contributed by atoms with Crippen LogP contribution in [0.4, 0.5) is 13.2 Å². The van der Waals surface area contributed by atoms with E-state index in [2.05, 4.69) is 24.9 Å². The van der Waals surface area contributed by atoms with Crippen molar-refractivity contribution in [2.24, 2.45) is 5.92 Å². The fourth-order valence-corrected chi connectivity index (χ4v) is 4.11. The number of aromatic nitrogens is 5. The van der Waals surface area contributed by atoms with Crippen molar-refractivity contribution in [2.45, 2.75) is 38.0 Å². The Balaban J connectivity index is 1.26. The summed E-state index contributed by atoms with van der Waals surface area (Å²) in [5, 5.41) is 9.09. The predicted molar refractivity (Wildman–Crippen MR) is 119 cm³/mol. The SMILES string of the molecule is O=C(O)[C@H]1CC[C@@H](Oc2ncc(-c3ccc(-c4nc5cc(C(F)(F)F)ccc5[nH]4)cn3)cn2)CC1. The van der Waals surface area contributed by atoms with Gasteiger partial charge in [0.1, 0.15) is 11.9 Å². The lowest BCUT2D eigenvalue weighted by Crippen LogP contribution is -2.28. The molecule has 1 aliphatic rings. The summed E-state index contributed by atoms with van der Waals surface area (Å²) >= 11 is 0. The lowest BCUT2D eigenvalue weighted by Gasteiger charge is -2.25. The highest BCUT2D eigenvalue weighted by molar-refractivity contribution is 5.80. The van der Waals surface area contributed by atoms with Crippen LogP contribution >= 0.6 is 0 Å². The third-order valence-electron chi connectivity index (χ3n) is 6.07. The molecule has 1 fully saturated rings. The number of pyridine rings is 1. The second-order valence-corrected chi connectivity index (χ2v) is 8.43. The molecule has 0 radical (unpaired) electrons. The molecule has 5 rings (SSSR count). The van der Waals surface area contributed by atoms with Crippen LogP contribution in [0.1, 0.15) is 31.2 Å². The Bertz CT molecular complexity index is 1350. The molecule has 0 saturated heterocycles. The fourth-order valence-electron chi connectivity index (χ4n) is 4.11. The number of halogens is 3. The third-order valence-corrected chi connectivity index (χ3v) is 6.07. The fraction of sp³-hybridized carbons (Fsp3) is 0.292. The first kappa shape index (κ1) is 22.8. The number of benzene rings is 1. The van der Waals surface area contributed by atoms with Gasteiger partial charge in [-0.25, -0.2) is 15.0 Å². The third kappa shape index (κ3) is 4.93. The highest BCUT2D eigenvalue weighted by Gasteiger charge is 2.31. The number of alkyl halides is 3. The summed E-state index contributed by atoms with van der Waals surface area (Å²) in [6, 6.07) is 7.11. The van der Waals surface area contributed by atoms with E-state index in [9.17, 15) is 18.0 Å². The molecule has 35 heavy (non-hydrogen) atoms. The molecule has 1 aliphatic carbocycles. The van der Waals surface area contributed by atoms with Crippen LogP contribution in [0.25, 0.3) is 33.7 Å². The van der Waals surface area contributed by atoms with Gasteiger partial charge in [0.25, 0.3) is 0 Å². The minimum absolute atomic E-state index is 0.107. The van der Waals surface area contributed by atoms with Crippen molar-refractivity contribution in [3.63, 3.8) is 0 Å². The van der Waals surface area contributed by atoms with E-state index >= 15 is 0 Å². The zero-order valence-corrected chi connectivity index (χ0v) is 18.3. The van der Waals surface area contributed by atoms with Crippen LogP contribution in [0, 0.1) is 5.92 Å². The Morgan fingerprint density at radius 3 is 2.31 bits per heavy atom. The monoisotopic (exact) mass is 483 g/mol. The van der Waals surface area contributed by atoms with Gasteiger partial charge in [-0.05, 0) is 56.0 Å². The van der Waals surface area contributed by atoms with E-state index in [1.807, 2.05) is 0 Å². The molecule has 0 unspecified atom stereocenters. The molecule has 3 heterocycles.